The van der Waals surface area contributed by atoms with Crippen molar-refractivity contribution in [3.8, 4) is 0 Å². The zero-order valence-electron chi connectivity index (χ0n) is 10.3. The summed E-state index contributed by atoms with van der Waals surface area (Å²) in [5.74, 6) is 0.928. The highest BCUT2D eigenvalue weighted by Crippen LogP contribution is 2.21. The van der Waals surface area contributed by atoms with Crippen molar-refractivity contribution in [3.63, 3.8) is 0 Å². The topological polar surface area (TPSA) is 59.0 Å². The SMILES string of the molecule is CC(=O)NCCn1ccnc1NC1CCCC1. The molecule has 0 aromatic carbocycles. The van der Waals surface area contributed by atoms with Gasteiger partial charge in [-0.05, 0) is 12.8 Å². The van der Waals surface area contributed by atoms with Crippen LogP contribution in [0.5, 0.6) is 0 Å². The fourth-order valence-corrected chi connectivity index (χ4v) is 2.23. The summed E-state index contributed by atoms with van der Waals surface area (Å²) >= 11 is 0. The Morgan fingerprint density at radius 1 is 1.53 bits per heavy atom. The Morgan fingerprint density at radius 3 is 3.00 bits per heavy atom. The fraction of sp³-hybridized carbons (Fsp3) is 0.667. The van der Waals surface area contributed by atoms with E-state index in [1.54, 1.807) is 6.20 Å². The molecule has 1 saturated carbocycles. The van der Waals surface area contributed by atoms with Crippen LogP contribution in [-0.4, -0.2) is 28.0 Å². The molecule has 1 aromatic heterocycles. The van der Waals surface area contributed by atoms with E-state index in [0.717, 1.165) is 12.5 Å². The molecule has 0 aliphatic heterocycles. The van der Waals surface area contributed by atoms with Gasteiger partial charge >= 0.3 is 0 Å². The van der Waals surface area contributed by atoms with E-state index in [9.17, 15) is 4.79 Å². The van der Waals surface area contributed by atoms with Crippen LogP contribution in [0.3, 0.4) is 0 Å². The maximum absolute atomic E-state index is 10.8. The molecule has 0 saturated heterocycles. The lowest BCUT2D eigenvalue weighted by Crippen LogP contribution is -2.25. The largest absolute Gasteiger partial charge is 0.355 e. The predicted octanol–water partition coefficient (Wildman–Crippen LogP) is 1.37. The van der Waals surface area contributed by atoms with Crippen LogP contribution < -0.4 is 10.6 Å². The van der Waals surface area contributed by atoms with Gasteiger partial charge in [0.2, 0.25) is 11.9 Å². The number of nitrogens with one attached hydrogen (secondary N) is 2. The molecule has 2 N–H and O–H groups in total. The molecule has 0 atom stereocenters. The van der Waals surface area contributed by atoms with Gasteiger partial charge in [-0.15, -0.1) is 0 Å². The van der Waals surface area contributed by atoms with Crippen LogP contribution in [0.2, 0.25) is 0 Å². The van der Waals surface area contributed by atoms with Gasteiger partial charge < -0.3 is 15.2 Å². The smallest absolute Gasteiger partial charge is 0.216 e. The first-order valence-corrected chi connectivity index (χ1v) is 6.28. The number of aromatic nitrogens is 2. The van der Waals surface area contributed by atoms with Crippen LogP contribution in [0, 0.1) is 0 Å². The molecule has 1 amide bonds. The molecule has 17 heavy (non-hydrogen) atoms. The molecule has 1 aliphatic carbocycles. The Labute approximate surface area is 102 Å². The number of nitrogens with zero attached hydrogens (tertiary/aromatic N) is 2. The number of hydrogen-bond acceptors (Lipinski definition) is 3. The Morgan fingerprint density at radius 2 is 2.29 bits per heavy atom. The summed E-state index contributed by atoms with van der Waals surface area (Å²) in [7, 11) is 0. The quantitative estimate of drug-likeness (QED) is 0.812. The molecule has 1 aliphatic rings. The zero-order valence-corrected chi connectivity index (χ0v) is 10.3. The average molecular weight is 236 g/mol. The number of anilines is 1. The second-order valence-corrected chi connectivity index (χ2v) is 4.55. The number of carbonyl (C=O) groups is 1. The van der Waals surface area contributed by atoms with Gasteiger partial charge in [0, 0.05) is 38.4 Å². The van der Waals surface area contributed by atoms with Gasteiger partial charge in [-0.1, -0.05) is 12.8 Å². The Bertz CT molecular complexity index is 368. The standard InChI is InChI=1S/C12H20N4O/c1-10(17)13-6-8-16-9-7-14-12(16)15-11-4-2-3-5-11/h7,9,11H,2-6,8H2,1H3,(H,13,17)(H,14,15). The van der Waals surface area contributed by atoms with Crippen LogP contribution >= 0.6 is 0 Å². The van der Waals surface area contributed by atoms with Crippen LogP contribution in [0.15, 0.2) is 12.4 Å². The minimum Gasteiger partial charge on any atom is -0.355 e. The lowest BCUT2D eigenvalue weighted by Gasteiger charge is -2.14. The number of rotatable bonds is 5. The summed E-state index contributed by atoms with van der Waals surface area (Å²) in [5, 5.41) is 6.26. The van der Waals surface area contributed by atoms with E-state index in [1.165, 1.54) is 32.6 Å². The molecular formula is C12H20N4O. The van der Waals surface area contributed by atoms with Crippen molar-refractivity contribution < 1.29 is 4.79 Å². The van der Waals surface area contributed by atoms with Crippen molar-refractivity contribution in [1.82, 2.24) is 14.9 Å². The van der Waals surface area contributed by atoms with E-state index in [2.05, 4.69) is 15.6 Å². The maximum atomic E-state index is 10.8. The summed E-state index contributed by atoms with van der Waals surface area (Å²) in [6.07, 6.45) is 8.83. The van der Waals surface area contributed by atoms with E-state index < -0.39 is 0 Å². The molecule has 1 aromatic rings. The molecule has 5 nitrogen and oxygen atoms in total. The van der Waals surface area contributed by atoms with Crippen molar-refractivity contribution in [3.05, 3.63) is 12.4 Å². The van der Waals surface area contributed by atoms with E-state index >= 15 is 0 Å². The third-order valence-electron chi connectivity index (χ3n) is 3.13. The molecule has 2 rings (SSSR count). The van der Waals surface area contributed by atoms with Crippen LogP contribution in [0.25, 0.3) is 0 Å². The van der Waals surface area contributed by atoms with E-state index in [1.807, 2.05) is 10.8 Å². The number of imidazole rings is 1. The highest BCUT2D eigenvalue weighted by Gasteiger charge is 2.16. The zero-order chi connectivity index (χ0) is 12.1. The normalized spacial score (nSPS) is 16.1. The van der Waals surface area contributed by atoms with Crippen molar-refractivity contribution >= 4 is 11.9 Å². The van der Waals surface area contributed by atoms with E-state index in [4.69, 9.17) is 0 Å². The molecule has 0 radical (unpaired) electrons. The minimum atomic E-state index is 0.00965. The van der Waals surface area contributed by atoms with E-state index in [-0.39, 0.29) is 5.91 Å². The molecule has 0 spiro atoms. The van der Waals surface area contributed by atoms with Crippen LogP contribution in [0.1, 0.15) is 32.6 Å². The first kappa shape index (κ1) is 12.0. The number of amides is 1. The molecule has 0 unspecified atom stereocenters. The van der Waals surface area contributed by atoms with Gasteiger partial charge in [0.05, 0.1) is 0 Å². The third-order valence-corrected chi connectivity index (χ3v) is 3.13. The summed E-state index contributed by atoms with van der Waals surface area (Å²) in [4.78, 5) is 15.1. The summed E-state index contributed by atoms with van der Waals surface area (Å²) in [6.45, 7) is 2.94. The summed E-state index contributed by atoms with van der Waals surface area (Å²) in [6, 6.07) is 0.567. The second kappa shape index (κ2) is 5.70. The van der Waals surface area contributed by atoms with Gasteiger partial charge in [0.25, 0.3) is 0 Å². The fourth-order valence-electron chi connectivity index (χ4n) is 2.23. The van der Waals surface area contributed by atoms with Gasteiger partial charge in [-0.2, -0.15) is 0 Å². The maximum Gasteiger partial charge on any atom is 0.216 e. The molecule has 5 heteroatoms. The molecule has 94 valence electrons. The lowest BCUT2D eigenvalue weighted by molar-refractivity contribution is -0.118. The molecule has 1 heterocycles. The minimum absolute atomic E-state index is 0.00965. The number of hydrogen-bond donors (Lipinski definition) is 2. The highest BCUT2D eigenvalue weighted by molar-refractivity contribution is 5.72. The predicted molar refractivity (Wildman–Crippen MR) is 66.8 cm³/mol. The summed E-state index contributed by atoms with van der Waals surface area (Å²) in [5.41, 5.74) is 0. The molecular weight excluding hydrogens is 216 g/mol. The Kier molecular flexibility index (Phi) is 4.01. The van der Waals surface area contributed by atoms with Crippen LogP contribution in [-0.2, 0) is 11.3 Å². The third kappa shape index (κ3) is 3.47. The average Bonchev–Trinajstić information content (AvgIpc) is 2.91. The lowest BCUT2D eigenvalue weighted by atomic mass is 10.2. The van der Waals surface area contributed by atoms with Crippen molar-refractivity contribution in [2.45, 2.75) is 45.2 Å². The Balaban J connectivity index is 1.85. The molecule has 0 bridgehead atoms. The first-order valence-electron chi connectivity index (χ1n) is 6.28. The van der Waals surface area contributed by atoms with Gasteiger partial charge in [-0.25, -0.2) is 4.98 Å². The molecule has 1 fully saturated rings. The highest BCUT2D eigenvalue weighted by atomic mass is 16.1. The Hall–Kier alpha value is -1.52. The van der Waals surface area contributed by atoms with Crippen molar-refractivity contribution in [2.24, 2.45) is 0 Å². The first-order chi connectivity index (χ1) is 8.25. The number of carbonyl (C=O) groups excluding carboxylic acids is 1. The summed E-state index contributed by atoms with van der Waals surface area (Å²) < 4.78 is 2.05. The van der Waals surface area contributed by atoms with Gasteiger partial charge in [-0.3, -0.25) is 4.79 Å². The van der Waals surface area contributed by atoms with Gasteiger partial charge in [0.15, 0.2) is 0 Å². The monoisotopic (exact) mass is 236 g/mol. The van der Waals surface area contributed by atoms with E-state index in [0.29, 0.717) is 12.6 Å². The van der Waals surface area contributed by atoms with Crippen LogP contribution in [0.4, 0.5) is 5.95 Å². The van der Waals surface area contributed by atoms with Gasteiger partial charge in [0.1, 0.15) is 0 Å². The van der Waals surface area contributed by atoms with Crippen molar-refractivity contribution in [2.75, 3.05) is 11.9 Å². The second-order valence-electron chi connectivity index (χ2n) is 4.55. The van der Waals surface area contributed by atoms with Crippen molar-refractivity contribution in [1.29, 1.82) is 0 Å².